The molecule has 0 N–H and O–H groups in total. The second-order valence-corrected chi connectivity index (χ2v) is 14.0. The van der Waals surface area contributed by atoms with E-state index in [1.54, 1.807) is 36.2 Å². The molecule has 216 valence electrons. The Morgan fingerprint density at radius 3 is 2.48 bits per heavy atom. The molecular formula is C29H37ClN4O4S2. The summed E-state index contributed by atoms with van der Waals surface area (Å²) in [5, 5.41) is 1.20. The number of ether oxygens (including phenoxy) is 1. The van der Waals surface area contributed by atoms with Crippen molar-refractivity contribution in [2.75, 3.05) is 51.3 Å². The van der Waals surface area contributed by atoms with Crippen molar-refractivity contribution in [2.45, 2.75) is 56.4 Å². The van der Waals surface area contributed by atoms with E-state index in [-0.39, 0.29) is 16.8 Å². The van der Waals surface area contributed by atoms with E-state index in [2.05, 4.69) is 4.90 Å². The SMILES string of the molecule is Cc1ccc(Cl)c2sc(N(CCCN3CCOCC3)C(=O)c3ccc(S(=O)(=O)N(C)C4CCCCC4)cc3)nc12. The zero-order valence-corrected chi connectivity index (χ0v) is 25.5. The molecule has 1 saturated heterocycles. The molecule has 5 rings (SSSR count). The average molecular weight is 605 g/mol. The molecule has 1 aliphatic carbocycles. The van der Waals surface area contributed by atoms with Gasteiger partial charge in [-0.2, -0.15) is 4.31 Å². The molecule has 2 aromatic carbocycles. The summed E-state index contributed by atoms with van der Waals surface area (Å²) in [7, 11) is -1.97. The molecule has 2 aliphatic rings. The number of thiazole rings is 1. The Hall–Kier alpha value is -2.08. The third-order valence-electron chi connectivity index (χ3n) is 7.99. The minimum atomic E-state index is -3.64. The van der Waals surface area contributed by atoms with Crippen LogP contribution in [-0.4, -0.2) is 81.0 Å². The molecule has 0 spiro atoms. The van der Waals surface area contributed by atoms with Gasteiger partial charge in [-0.25, -0.2) is 13.4 Å². The Balaban J connectivity index is 1.38. The van der Waals surface area contributed by atoms with Crippen LogP contribution in [0.5, 0.6) is 0 Å². The van der Waals surface area contributed by atoms with Crippen LogP contribution >= 0.6 is 22.9 Å². The molecular weight excluding hydrogens is 568 g/mol. The predicted molar refractivity (Wildman–Crippen MR) is 161 cm³/mol. The Morgan fingerprint density at radius 1 is 1.10 bits per heavy atom. The zero-order valence-electron chi connectivity index (χ0n) is 23.1. The van der Waals surface area contributed by atoms with Crippen molar-refractivity contribution in [3.05, 3.63) is 52.5 Å². The smallest absolute Gasteiger partial charge is 0.260 e. The number of aryl methyl sites for hydroxylation is 1. The molecule has 0 bridgehead atoms. The van der Waals surface area contributed by atoms with Crippen molar-refractivity contribution < 1.29 is 17.9 Å². The normalized spacial score (nSPS) is 17.5. The lowest BCUT2D eigenvalue weighted by molar-refractivity contribution is 0.0376. The van der Waals surface area contributed by atoms with Gasteiger partial charge in [-0.15, -0.1) is 0 Å². The highest BCUT2D eigenvalue weighted by Gasteiger charge is 2.30. The lowest BCUT2D eigenvalue weighted by atomic mass is 9.96. The van der Waals surface area contributed by atoms with Crippen LogP contribution < -0.4 is 4.90 Å². The van der Waals surface area contributed by atoms with Crippen molar-refractivity contribution >= 4 is 54.2 Å². The summed E-state index contributed by atoms with van der Waals surface area (Å²) < 4.78 is 34.5. The second kappa shape index (κ2) is 12.8. The predicted octanol–water partition coefficient (Wildman–Crippen LogP) is 5.58. The molecule has 1 aliphatic heterocycles. The first-order valence-electron chi connectivity index (χ1n) is 14.0. The van der Waals surface area contributed by atoms with Crippen molar-refractivity contribution in [3.63, 3.8) is 0 Å². The summed E-state index contributed by atoms with van der Waals surface area (Å²) in [5.41, 5.74) is 2.22. The van der Waals surface area contributed by atoms with Gasteiger partial charge in [0.05, 0.1) is 33.3 Å². The van der Waals surface area contributed by atoms with Gasteiger partial charge in [0.1, 0.15) is 0 Å². The third kappa shape index (κ3) is 6.37. The van der Waals surface area contributed by atoms with E-state index in [1.807, 2.05) is 19.1 Å². The van der Waals surface area contributed by atoms with Gasteiger partial charge in [0, 0.05) is 44.8 Å². The van der Waals surface area contributed by atoms with Gasteiger partial charge < -0.3 is 4.74 Å². The van der Waals surface area contributed by atoms with Crippen LogP contribution in [0.3, 0.4) is 0 Å². The number of anilines is 1. The number of morpholine rings is 1. The summed E-state index contributed by atoms with van der Waals surface area (Å²) in [6.45, 7) is 6.53. The lowest BCUT2D eigenvalue weighted by Crippen LogP contribution is -2.39. The standard InChI is InChI=1S/C29H37ClN4O4S2/c1-21-9-14-25(30)27-26(21)31-29(39-27)34(16-6-15-33-17-19-38-20-18-33)28(35)22-10-12-24(13-11-22)40(36,37)32(2)23-7-4-3-5-8-23/h9-14,23H,3-8,15-20H2,1-2H3. The number of carbonyl (C=O) groups excluding carboxylic acids is 1. The highest BCUT2D eigenvalue weighted by Crippen LogP contribution is 2.36. The molecule has 0 atom stereocenters. The minimum Gasteiger partial charge on any atom is -0.379 e. The number of rotatable bonds is 9. The monoisotopic (exact) mass is 604 g/mol. The Morgan fingerprint density at radius 2 is 1.80 bits per heavy atom. The van der Waals surface area contributed by atoms with Crippen molar-refractivity contribution in [1.29, 1.82) is 0 Å². The van der Waals surface area contributed by atoms with Gasteiger partial charge in [0.2, 0.25) is 10.0 Å². The minimum absolute atomic E-state index is 0.0244. The van der Waals surface area contributed by atoms with Crippen LogP contribution in [0, 0.1) is 6.92 Å². The topological polar surface area (TPSA) is 83.0 Å². The largest absolute Gasteiger partial charge is 0.379 e. The molecule has 1 amide bonds. The maximum absolute atomic E-state index is 13.9. The number of halogens is 1. The fraction of sp³-hybridized carbons (Fsp3) is 0.517. The van der Waals surface area contributed by atoms with Crippen molar-refractivity contribution in [3.8, 4) is 0 Å². The van der Waals surface area contributed by atoms with E-state index < -0.39 is 10.0 Å². The summed E-state index contributed by atoms with van der Waals surface area (Å²) in [4.78, 5) is 23.0. The summed E-state index contributed by atoms with van der Waals surface area (Å²) in [6.07, 6.45) is 5.80. The first-order chi connectivity index (χ1) is 19.3. The van der Waals surface area contributed by atoms with E-state index in [0.717, 1.165) is 87.2 Å². The molecule has 2 fully saturated rings. The highest BCUT2D eigenvalue weighted by molar-refractivity contribution is 7.89. The van der Waals surface area contributed by atoms with Crippen LogP contribution in [-0.2, 0) is 14.8 Å². The summed E-state index contributed by atoms with van der Waals surface area (Å²) >= 11 is 7.89. The van der Waals surface area contributed by atoms with Gasteiger partial charge in [-0.1, -0.05) is 48.3 Å². The van der Waals surface area contributed by atoms with Gasteiger partial charge in [0.15, 0.2) is 5.13 Å². The van der Waals surface area contributed by atoms with Crippen molar-refractivity contribution in [2.24, 2.45) is 0 Å². The summed E-state index contributed by atoms with van der Waals surface area (Å²) in [5.74, 6) is -0.209. The number of nitrogens with zero attached hydrogens (tertiary/aromatic N) is 4. The van der Waals surface area contributed by atoms with E-state index in [4.69, 9.17) is 21.3 Å². The molecule has 2 heterocycles. The number of amides is 1. The molecule has 0 radical (unpaired) electrons. The van der Waals surface area contributed by atoms with Gasteiger partial charge in [-0.3, -0.25) is 14.6 Å². The quantitative estimate of drug-likeness (QED) is 0.317. The second-order valence-electron chi connectivity index (χ2n) is 10.6. The van der Waals surface area contributed by atoms with Crippen LogP contribution in [0.1, 0.15) is 54.4 Å². The zero-order chi connectivity index (χ0) is 28.3. The van der Waals surface area contributed by atoms with Crippen molar-refractivity contribution in [1.82, 2.24) is 14.2 Å². The Kier molecular flexibility index (Phi) is 9.44. The molecule has 40 heavy (non-hydrogen) atoms. The number of hydrogen-bond acceptors (Lipinski definition) is 7. The van der Waals surface area contributed by atoms with Crippen LogP contribution in [0.15, 0.2) is 41.3 Å². The first-order valence-corrected chi connectivity index (χ1v) is 16.6. The fourth-order valence-corrected chi connectivity index (χ4v) is 8.26. The Labute approximate surface area is 245 Å². The lowest BCUT2D eigenvalue weighted by Gasteiger charge is -2.30. The maximum Gasteiger partial charge on any atom is 0.260 e. The van der Waals surface area contributed by atoms with E-state index in [0.29, 0.717) is 22.3 Å². The molecule has 8 nitrogen and oxygen atoms in total. The van der Waals surface area contributed by atoms with Crippen LogP contribution in [0.2, 0.25) is 5.02 Å². The van der Waals surface area contributed by atoms with E-state index in [1.165, 1.54) is 15.6 Å². The van der Waals surface area contributed by atoms with Crippen LogP contribution in [0.4, 0.5) is 5.13 Å². The number of hydrogen-bond donors (Lipinski definition) is 0. The first kappa shape index (κ1) is 29.4. The third-order valence-corrected chi connectivity index (χ3v) is 11.5. The van der Waals surface area contributed by atoms with E-state index in [9.17, 15) is 13.2 Å². The molecule has 3 aromatic rings. The fourth-order valence-electron chi connectivity index (χ4n) is 5.50. The Bertz CT molecular complexity index is 1390. The summed E-state index contributed by atoms with van der Waals surface area (Å²) in [6, 6.07) is 10.1. The average Bonchev–Trinajstić information content (AvgIpc) is 3.44. The maximum atomic E-state index is 13.9. The van der Waals surface area contributed by atoms with Gasteiger partial charge in [0.25, 0.3) is 5.91 Å². The molecule has 0 unspecified atom stereocenters. The molecule has 1 aromatic heterocycles. The van der Waals surface area contributed by atoms with E-state index >= 15 is 0 Å². The number of fused-ring (bicyclic) bond motifs is 1. The highest BCUT2D eigenvalue weighted by atomic mass is 35.5. The van der Waals surface area contributed by atoms with Gasteiger partial charge in [-0.05, 0) is 62.1 Å². The molecule has 11 heteroatoms. The van der Waals surface area contributed by atoms with Crippen LogP contribution in [0.25, 0.3) is 10.2 Å². The molecule has 1 saturated carbocycles. The number of carbonyl (C=O) groups is 1. The number of aromatic nitrogens is 1. The number of benzene rings is 2. The number of sulfonamides is 1. The van der Waals surface area contributed by atoms with Gasteiger partial charge >= 0.3 is 0 Å².